The van der Waals surface area contributed by atoms with Gasteiger partial charge in [0.25, 0.3) is 0 Å². The molecule has 4 aliphatic rings. The fourth-order valence-corrected chi connectivity index (χ4v) is 7.76. The number of rotatable bonds is 14. The smallest absolute Gasteiger partial charge is 0.483 e. The molecular weight excluding hydrogens is 538 g/mol. The van der Waals surface area contributed by atoms with Crippen molar-refractivity contribution in [2.75, 3.05) is 26.7 Å². The predicted molar refractivity (Wildman–Crippen MR) is 156 cm³/mol. The van der Waals surface area contributed by atoms with Gasteiger partial charge in [-0.15, -0.1) is 5.48 Å². The molecule has 1 spiro atoms. The molecule has 10 nitrogen and oxygen atoms in total. The molecule has 6 atom stereocenters. The van der Waals surface area contributed by atoms with Crippen LogP contribution < -0.4 is 20.3 Å². The topological polar surface area (TPSA) is 126 Å². The molecule has 6 unspecified atom stereocenters. The molecule has 1 aromatic rings. The number of hydrogen-bond donors (Lipinski definition) is 3. The Balaban J connectivity index is 1.02. The van der Waals surface area contributed by atoms with Crippen LogP contribution in [0.5, 0.6) is 11.5 Å². The van der Waals surface area contributed by atoms with Crippen molar-refractivity contribution in [3.63, 3.8) is 0 Å². The summed E-state index contributed by atoms with van der Waals surface area (Å²) in [5.74, 6) is 1.69. The number of amides is 1. The Morgan fingerprint density at radius 2 is 1.95 bits per heavy atom. The fourth-order valence-electron chi connectivity index (χ4n) is 7.76. The molecule has 5 rings (SSSR count). The summed E-state index contributed by atoms with van der Waals surface area (Å²) in [5, 5.41) is 13.9. The van der Waals surface area contributed by atoms with Crippen molar-refractivity contribution in [1.29, 1.82) is 0 Å². The molecule has 0 aromatic heterocycles. The lowest BCUT2D eigenvalue weighted by Crippen LogP contribution is -2.66. The Kier molecular flexibility index (Phi) is 9.74. The van der Waals surface area contributed by atoms with Gasteiger partial charge in [-0.05, 0) is 89.4 Å². The van der Waals surface area contributed by atoms with Gasteiger partial charge in [-0.3, -0.25) is 9.59 Å². The molecule has 2 aliphatic carbocycles. The van der Waals surface area contributed by atoms with Crippen LogP contribution in [0, 0.1) is 11.8 Å². The van der Waals surface area contributed by atoms with E-state index in [9.17, 15) is 19.5 Å². The predicted octanol–water partition coefficient (Wildman–Crippen LogP) is 3.81. The molecule has 1 saturated carbocycles. The van der Waals surface area contributed by atoms with E-state index in [0.717, 1.165) is 76.3 Å². The highest BCUT2D eigenvalue weighted by Crippen LogP contribution is 2.63. The van der Waals surface area contributed by atoms with E-state index < -0.39 is 12.3 Å². The first-order valence-electron chi connectivity index (χ1n) is 15.8. The third-order valence-electron chi connectivity index (χ3n) is 10.2. The first-order chi connectivity index (χ1) is 20.2. The van der Waals surface area contributed by atoms with Crippen LogP contribution in [0.2, 0.25) is 0 Å². The summed E-state index contributed by atoms with van der Waals surface area (Å²) in [6.07, 6.45) is 7.29. The maximum atomic E-state index is 12.5. The number of piperidine rings is 1. The van der Waals surface area contributed by atoms with Crippen molar-refractivity contribution < 1.29 is 33.8 Å². The van der Waals surface area contributed by atoms with E-state index in [2.05, 4.69) is 22.7 Å². The molecule has 3 N–H and O–H groups in total. The van der Waals surface area contributed by atoms with Crippen LogP contribution in [0.1, 0.15) is 89.2 Å². The number of unbranched alkanes of at least 4 members (excludes halogenated alkanes) is 3. The second-order valence-electron chi connectivity index (χ2n) is 12.8. The van der Waals surface area contributed by atoms with E-state index in [4.69, 9.17) is 14.3 Å². The minimum Gasteiger partial charge on any atom is -0.483 e. The average Bonchev–Trinajstić information content (AvgIpc) is 3.32. The number of ether oxygens (including phenoxy) is 2. The minimum absolute atomic E-state index is 0.0387. The number of hydroxylamine groups is 1. The van der Waals surface area contributed by atoms with Crippen LogP contribution >= 0.6 is 0 Å². The Morgan fingerprint density at radius 3 is 2.76 bits per heavy atom. The van der Waals surface area contributed by atoms with E-state index in [0.29, 0.717) is 43.0 Å². The summed E-state index contributed by atoms with van der Waals surface area (Å²) in [5.41, 5.74) is 4.79. The molecular formula is C32H47N3O7. The monoisotopic (exact) mass is 585 g/mol. The lowest BCUT2D eigenvalue weighted by atomic mass is 9.51. The van der Waals surface area contributed by atoms with Crippen LogP contribution in [0.4, 0.5) is 4.79 Å². The van der Waals surface area contributed by atoms with E-state index in [1.807, 2.05) is 13.0 Å². The second-order valence-corrected chi connectivity index (χ2v) is 12.8. The number of Topliss-reactive ketones (excluding diaryl/α,β-unsaturated/α-hetero) is 1. The van der Waals surface area contributed by atoms with Gasteiger partial charge < -0.3 is 29.6 Å². The molecule has 2 heterocycles. The maximum absolute atomic E-state index is 12.5. The molecule has 0 radical (unpaired) electrons. The van der Waals surface area contributed by atoms with Crippen LogP contribution in [-0.2, 0) is 26.3 Å². The largest absolute Gasteiger partial charge is 0.533 e. The van der Waals surface area contributed by atoms with Gasteiger partial charge in [-0.1, -0.05) is 25.8 Å². The number of carbonyl (C=O) groups excluding carboxylic acids is 3. The van der Waals surface area contributed by atoms with Gasteiger partial charge in [0.15, 0.2) is 11.5 Å². The van der Waals surface area contributed by atoms with Gasteiger partial charge in [0.2, 0.25) is 5.91 Å². The van der Waals surface area contributed by atoms with Gasteiger partial charge in [0.1, 0.15) is 11.9 Å². The lowest BCUT2D eigenvalue weighted by molar-refractivity contribution is -0.122. The van der Waals surface area contributed by atoms with Crippen LogP contribution in [-0.4, -0.2) is 72.8 Å². The molecule has 2 aliphatic heterocycles. The zero-order chi connectivity index (χ0) is 29.9. The number of nitrogens with zero attached hydrogens (tertiary/aromatic N) is 1. The number of likely N-dealkylation sites (N-methyl/N-ethyl adjacent to an activating group) is 1. The summed E-state index contributed by atoms with van der Waals surface area (Å²) in [6, 6.07) is 4.25. The maximum Gasteiger partial charge on any atom is 0.533 e. The average molecular weight is 586 g/mol. The summed E-state index contributed by atoms with van der Waals surface area (Å²) in [6.45, 7) is 5.60. The fraction of sp³-hybridized carbons (Fsp3) is 0.719. The van der Waals surface area contributed by atoms with E-state index in [1.54, 1.807) is 13.0 Å². The third-order valence-corrected chi connectivity index (χ3v) is 10.2. The first-order valence-corrected chi connectivity index (χ1v) is 15.8. The standard InChI is InChI=1S/C32H47N3O7/c1-20(21(2)36)9-6-8-16-33-27(38)10-5-4-7-17-34-42-31(39)40-26-14-11-22-19-24-23-12-13-25(37)30-32(23,15-18-35(24)3)28(22)29(26)41-30/h11,14,20,23-25,30,34,37H,4-10,12-13,15-19H2,1-3H3,(H,33,38). The number of aliphatic hydroxyl groups excluding tert-OH is 1. The molecule has 1 saturated heterocycles. The van der Waals surface area contributed by atoms with E-state index in [1.165, 1.54) is 5.56 Å². The van der Waals surface area contributed by atoms with Crippen LogP contribution in [0.25, 0.3) is 0 Å². The lowest BCUT2D eigenvalue weighted by Gasteiger charge is -2.58. The van der Waals surface area contributed by atoms with Crippen molar-refractivity contribution in [3.05, 3.63) is 23.3 Å². The molecule has 1 aromatic carbocycles. The first kappa shape index (κ1) is 30.8. The van der Waals surface area contributed by atoms with Gasteiger partial charge >= 0.3 is 6.16 Å². The Morgan fingerprint density at radius 1 is 1.14 bits per heavy atom. The minimum atomic E-state index is -0.853. The molecule has 2 bridgehead atoms. The van der Waals surface area contributed by atoms with Crippen LogP contribution in [0.3, 0.4) is 0 Å². The normalized spacial score (nSPS) is 27.9. The zero-order valence-electron chi connectivity index (χ0n) is 25.3. The SMILES string of the molecule is CC(=O)C(C)CCCCNC(=O)CCCCCNOC(=O)Oc1ccc2c3c1OC1C(O)CCC4C(C2)N(C)CCC341. The Hall–Kier alpha value is -2.69. The summed E-state index contributed by atoms with van der Waals surface area (Å²) >= 11 is 0. The third kappa shape index (κ3) is 6.17. The van der Waals surface area contributed by atoms with Gasteiger partial charge in [0, 0.05) is 42.4 Å². The van der Waals surface area contributed by atoms with Crippen molar-refractivity contribution >= 4 is 17.8 Å². The Bertz CT molecular complexity index is 1160. The highest BCUT2D eigenvalue weighted by molar-refractivity contribution is 5.77. The summed E-state index contributed by atoms with van der Waals surface area (Å²) in [4.78, 5) is 43.4. The molecule has 232 valence electrons. The van der Waals surface area contributed by atoms with E-state index in [-0.39, 0.29) is 29.1 Å². The molecule has 1 amide bonds. The number of carbonyl (C=O) groups is 3. The number of aliphatic hydroxyl groups is 1. The number of hydrogen-bond acceptors (Lipinski definition) is 9. The van der Waals surface area contributed by atoms with Crippen molar-refractivity contribution in [2.24, 2.45) is 11.8 Å². The molecule has 2 fully saturated rings. The quantitative estimate of drug-likeness (QED) is 0.129. The Labute approximate surface area is 248 Å². The number of likely N-dealkylation sites (tertiary alicyclic amines) is 1. The van der Waals surface area contributed by atoms with Crippen molar-refractivity contribution in [1.82, 2.24) is 15.7 Å². The highest BCUT2D eigenvalue weighted by atomic mass is 16.8. The molecule has 42 heavy (non-hydrogen) atoms. The second kappa shape index (κ2) is 13.3. The number of ketones is 1. The van der Waals surface area contributed by atoms with Crippen molar-refractivity contribution in [2.45, 2.75) is 108 Å². The van der Waals surface area contributed by atoms with E-state index >= 15 is 0 Å². The van der Waals surface area contributed by atoms with Crippen LogP contribution in [0.15, 0.2) is 12.1 Å². The highest BCUT2D eigenvalue weighted by Gasteiger charge is 2.65. The van der Waals surface area contributed by atoms with Gasteiger partial charge in [0.05, 0.1) is 6.10 Å². The van der Waals surface area contributed by atoms with Gasteiger partial charge in [-0.2, -0.15) is 0 Å². The molecule has 10 heteroatoms. The zero-order valence-corrected chi connectivity index (χ0v) is 25.3. The number of benzene rings is 1. The summed E-state index contributed by atoms with van der Waals surface area (Å²) in [7, 11) is 2.19. The number of nitrogens with one attached hydrogen (secondary N) is 2. The van der Waals surface area contributed by atoms with Crippen molar-refractivity contribution in [3.8, 4) is 11.5 Å². The summed E-state index contributed by atoms with van der Waals surface area (Å²) < 4.78 is 12.0. The van der Waals surface area contributed by atoms with Gasteiger partial charge in [-0.25, -0.2) is 4.79 Å².